The van der Waals surface area contributed by atoms with E-state index in [1.54, 1.807) is 4.90 Å². The van der Waals surface area contributed by atoms with Crippen LogP contribution in [0.2, 0.25) is 0 Å². The maximum atomic E-state index is 13.5. The molecule has 1 saturated heterocycles. The van der Waals surface area contributed by atoms with Crippen LogP contribution in [0.5, 0.6) is 0 Å². The fourth-order valence-electron chi connectivity index (χ4n) is 7.63. The number of carbonyl (C=O) groups is 3. The minimum absolute atomic E-state index is 0.120. The Balaban J connectivity index is 1.36. The molecule has 9 nitrogen and oxygen atoms in total. The van der Waals surface area contributed by atoms with Gasteiger partial charge in [0.15, 0.2) is 0 Å². The van der Waals surface area contributed by atoms with E-state index in [-0.39, 0.29) is 24.4 Å². The number of amides is 2. The van der Waals surface area contributed by atoms with Gasteiger partial charge in [-0.05, 0) is 74.5 Å². The van der Waals surface area contributed by atoms with Crippen LogP contribution < -0.4 is 17.2 Å². The van der Waals surface area contributed by atoms with E-state index in [1.807, 2.05) is 0 Å². The van der Waals surface area contributed by atoms with Gasteiger partial charge in [-0.25, -0.2) is 0 Å². The van der Waals surface area contributed by atoms with Crippen molar-refractivity contribution in [3.05, 3.63) is 0 Å². The molecule has 0 spiro atoms. The number of rotatable bonds is 6. The van der Waals surface area contributed by atoms with E-state index in [2.05, 4.69) is 6.07 Å². The van der Waals surface area contributed by atoms with E-state index in [4.69, 9.17) is 21.9 Å². The lowest BCUT2D eigenvalue weighted by molar-refractivity contribution is -0.207. The normalized spacial score (nSPS) is 43.6. The molecule has 9 heteroatoms. The molecule has 0 aromatic rings. The predicted octanol–water partition coefficient (Wildman–Crippen LogP) is -0.0884. The number of fused-ring (bicyclic) bond motifs is 1. The second kappa shape index (κ2) is 6.91. The smallest absolute Gasteiger partial charge is 0.323 e. The summed E-state index contributed by atoms with van der Waals surface area (Å²) in [5.41, 5.74) is 16.6. The SMILES string of the molecule is N#C[C@@H]1C[C@@H]2C[C@@H]2N1C(=O)[C@@H](N)C12CC3CC(CC(OC(=O)[C@H](N)CC(N)=O)(C3)C1)C2. The summed E-state index contributed by atoms with van der Waals surface area (Å²) in [5.74, 6) is -0.240. The molecule has 6 rings (SSSR count). The summed E-state index contributed by atoms with van der Waals surface area (Å²) in [6.45, 7) is 0. The summed E-state index contributed by atoms with van der Waals surface area (Å²) in [4.78, 5) is 39.0. The molecule has 2 unspecified atom stereocenters. The Morgan fingerprint density at radius 2 is 1.77 bits per heavy atom. The van der Waals surface area contributed by atoms with Crippen molar-refractivity contribution in [2.45, 2.75) is 87.6 Å². The molecule has 5 saturated carbocycles. The zero-order chi connectivity index (χ0) is 22.1. The van der Waals surface area contributed by atoms with E-state index in [9.17, 15) is 19.6 Å². The third kappa shape index (κ3) is 3.31. The topological polar surface area (TPSA) is 166 Å². The number of carbonyl (C=O) groups excluding carboxylic acids is 3. The number of nitrogens with zero attached hydrogens (tertiary/aromatic N) is 2. The summed E-state index contributed by atoms with van der Waals surface area (Å²) in [6, 6.07) is 0.275. The van der Waals surface area contributed by atoms with E-state index in [1.165, 1.54) is 0 Å². The maximum Gasteiger partial charge on any atom is 0.323 e. The highest BCUT2D eigenvalue weighted by Crippen LogP contribution is 2.64. The Kier molecular flexibility index (Phi) is 4.61. The highest BCUT2D eigenvalue weighted by molar-refractivity contribution is 5.85. The van der Waals surface area contributed by atoms with Crippen LogP contribution in [-0.4, -0.2) is 52.5 Å². The van der Waals surface area contributed by atoms with Gasteiger partial charge in [0.1, 0.15) is 17.7 Å². The molecule has 0 aromatic carbocycles. The average molecular weight is 430 g/mol. The lowest BCUT2D eigenvalue weighted by Crippen LogP contribution is -2.66. The Hall–Kier alpha value is -2.18. The molecule has 1 aliphatic heterocycles. The van der Waals surface area contributed by atoms with Crippen LogP contribution in [0.15, 0.2) is 0 Å². The number of hydrogen-bond donors (Lipinski definition) is 3. The third-order valence-corrected chi connectivity index (χ3v) is 8.53. The number of esters is 1. The molecule has 7 atom stereocenters. The monoisotopic (exact) mass is 429 g/mol. The molecule has 6 aliphatic rings. The van der Waals surface area contributed by atoms with E-state index in [0.717, 1.165) is 44.9 Å². The molecule has 31 heavy (non-hydrogen) atoms. The van der Waals surface area contributed by atoms with Gasteiger partial charge in [0.25, 0.3) is 0 Å². The molecule has 0 aromatic heterocycles. The minimum atomic E-state index is -1.08. The first-order valence-electron chi connectivity index (χ1n) is 11.4. The zero-order valence-electron chi connectivity index (χ0n) is 17.7. The quantitative estimate of drug-likeness (QED) is 0.496. The molecule has 0 radical (unpaired) electrons. The molecular formula is C22H31N5O4. The van der Waals surface area contributed by atoms with Crippen molar-refractivity contribution in [1.29, 1.82) is 5.26 Å². The molecule has 168 valence electrons. The first kappa shape index (κ1) is 20.7. The standard InChI is InChI=1S/C22H31N5O4/c23-9-14-2-13-3-16(13)27(14)19(29)18(26)21-5-11-1-12(6-21)8-22(7-11,10-21)31-20(30)15(24)4-17(25)28/h11-16,18H,1-8,10,24,26H2,(H2,25,28)/t11?,12?,13-,14+,15-,16+,18-,21?,22?/m1/s1. The van der Waals surface area contributed by atoms with Crippen molar-refractivity contribution >= 4 is 17.8 Å². The summed E-state index contributed by atoms with van der Waals surface area (Å²) in [7, 11) is 0. The number of ether oxygens (including phenoxy) is 1. The molecule has 2 amide bonds. The molecule has 6 N–H and O–H groups in total. The van der Waals surface area contributed by atoms with Crippen LogP contribution in [0.4, 0.5) is 0 Å². The van der Waals surface area contributed by atoms with Gasteiger partial charge in [0.2, 0.25) is 11.8 Å². The van der Waals surface area contributed by atoms with Crippen LogP contribution in [0.3, 0.4) is 0 Å². The van der Waals surface area contributed by atoms with E-state index < -0.39 is 35.0 Å². The predicted molar refractivity (Wildman–Crippen MR) is 108 cm³/mol. The number of likely N-dealkylation sites (tertiary alicyclic amines) is 1. The number of primary amides is 1. The summed E-state index contributed by atoms with van der Waals surface area (Å²) >= 11 is 0. The first-order chi connectivity index (χ1) is 14.7. The van der Waals surface area contributed by atoms with Crippen molar-refractivity contribution in [1.82, 2.24) is 4.90 Å². The first-order valence-corrected chi connectivity index (χ1v) is 11.4. The van der Waals surface area contributed by atoms with Crippen molar-refractivity contribution in [2.75, 3.05) is 0 Å². The van der Waals surface area contributed by atoms with Crippen LogP contribution in [0.25, 0.3) is 0 Å². The average Bonchev–Trinajstić information content (AvgIpc) is 3.34. The van der Waals surface area contributed by atoms with Gasteiger partial charge in [0, 0.05) is 6.04 Å². The van der Waals surface area contributed by atoms with Gasteiger partial charge in [-0.2, -0.15) is 5.26 Å². The van der Waals surface area contributed by atoms with Gasteiger partial charge in [-0.1, -0.05) is 0 Å². The summed E-state index contributed by atoms with van der Waals surface area (Å²) in [6.07, 6.45) is 6.25. The van der Waals surface area contributed by atoms with Crippen molar-refractivity contribution in [3.63, 3.8) is 0 Å². The van der Waals surface area contributed by atoms with Crippen molar-refractivity contribution in [2.24, 2.45) is 40.4 Å². The Morgan fingerprint density at radius 3 is 2.39 bits per heavy atom. The highest BCUT2D eigenvalue weighted by Gasteiger charge is 2.64. The van der Waals surface area contributed by atoms with Crippen molar-refractivity contribution in [3.8, 4) is 6.07 Å². The van der Waals surface area contributed by atoms with E-state index in [0.29, 0.717) is 24.2 Å². The Labute approximate surface area is 181 Å². The highest BCUT2D eigenvalue weighted by atomic mass is 16.6. The molecule has 6 fully saturated rings. The number of piperidine rings is 1. The van der Waals surface area contributed by atoms with Crippen LogP contribution in [-0.2, 0) is 19.1 Å². The fourth-order valence-corrected chi connectivity index (χ4v) is 7.63. The minimum Gasteiger partial charge on any atom is -0.458 e. The molecule has 5 aliphatic carbocycles. The number of nitrogens with two attached hydrogens (primary N) is 3. The van der Waals surface area contributed by atoms with Crippen LogP contribution >= 0.6 is 0 Å². The Morgan fingerprint density at radius 1 is 1.10 bits per heavy atom. The van der Waals surface area contributed by atoms with Crippen molar-refractivity contribution < 1.29 is 19.1 Å². The molecular weight excluding hydrogens is 398 g/mol. The van der Waals surface area contributed by atoms with E-state index >= 15 is 0 Å². The number of hydrogen-bond acceptors (Lipinski definition) is 7. The van der Waals surface area contributed by atoms with Gasteiger partial charge in [0.05, 0.1) is 18.5 Å². The Bertz CT molecular complexity index is 854. The third-order valence-electron chi connectivity index (χ3n) is 8.53. The van der Waals surface area contributed by atoms with Crippen LogP contribution in [0.1, 0.15) is 57.8 Å². The zero-order valence-corrected chi connectivity index (χ0v) is 17.7. The van der Waals surface area contributed by atoms with Gasteiger partial charge < -0.3 is 26.8 Å². The second-order valence-electron chi connectivity index (χ2n) is 10.9. The second-order valence-corrected chi connectivity index (χ2v) is 10.9. The lowest BCUT2D eigenvalue weighted by atomic mass is 9.46. The summed E-state index contributed by atoms with van der Waals surface area (Å²) < 4.78 is 5.96. The lowest BCUT2D eigenvalue weighted by Gasteiger charge is -2.62. The number of nitriles is 1. The molecule has 1 heterocycles. The molecule has 4 bridgehead atoms. The van der Waals surface area contributed by atoms with Gasteiger partial charge >= 0.3 is 5.97 Å². The fraction of sp³-hybridized carbons (Fsp3) is 0.818. The van der Waals surface area contributed by atoms with Gasteiger partial charge in [-0.15, -0.1) is 0 Å². The van der Waals surface area contributed by atoms with Crippen LogP contribution in [0, 0.1) is 34.5 Å². The summed E-state index contributed by atoms with van der Waals surface area (Å²) in [5, 5.41) is 9.51. The maximum absolute atomic E-state index is 13.5. The van der Waals surface area contributed by atoms with Gasteiger partial charge in [-0.3, -0.25) is 14.4 Å². The largest absolute Gasteiger partial charge is 0.458 e.